The molecule has 0 heterocycles. The van der Waals surface area contributed by atoms with Crippen LogP contribution in [-0.4, -0.2) is 16.1 Å². The Kier molecular flexibility index (Phi) is 8.25. The normalized spacial score (nSPS) is 12.6. The standard InChI is InChI=1S/C40H50Si2/c1-12-33-28(10)38-36(29(11)39(33)41(13-2,14-3)15-4)25-32-21-30-22-34-26(8)19-20-27(9)35(34)23-31(30)24-37(32)40(38)42(16-5,17-6)18-7/h1,19-25H,13-18H2,2-11H3. The molecule has 0 aliphatic heterocycles. The highest BCUT2D eigenvalue weighted by Gasteiger charge is 2.38. The van der Waals surface area contributed by atoms with E-state index in [2.05, 4.69) is 118 Å². The molecule has 5 aromatic rings. The molecule has 0 fully saturated rings. The fourth-order valence-corrected chi connectivity index (χ4v) is 17.0. The molecule has 0 saturated heterocycles. The summed E-state index contributed by atoms with van der Waals surface area (Å²) in [4.78, 5) is 0. The summed E-state index contributed by atoms with van der Waals surface area (Å²) >= 11 is 0. The summed E-state index contributed by atoms with van der Waals surface area (Å²) in [6.45, 7) is 23.8. The fourth-order valence-electron chi connectivity index (χ4n) is 8.56. The molecule has 0 radical (unpaired) electrons. The van der Waals surface area contributed by atoms with Gasteiger partial charge in [-0.2, -0.15) is 0 Å². The van der Waals surface area contributed by atoms with E-state index in [0.29, 0.717) is 0 Å². The lowest BCUT2D eigenvalue weighted by molar-refractivity contribution is 1.19. The molecule has 0 amide bonds. The van der Waals surface area contributed by atoms with Crippen LogP contribution >= 0.6 is 0 Å². The SMILES string of the molecule is C#Cc1c([Si](CC)(CC)CC)c(C)c2cc3cc4cc5c(C)ccc(C)c5cc4cc3c([Si](CC)(CC)CC)c2c1C. The van der Waals surface area contributed by atoms with Gasteiger partial charge in [0.15, 0.2) is 0 Å². The van der Waals surface area contributed by atoms with Crippen LogP contribution in [0.4, 0.5) is 0 Å². The molecule has 5 rings (SSSR count). The van der Waals surface area contributed by atoms with Crippen molar-refractivity contribution >= 4 is 69.6 Å². The molecule has 0 N–H and O–H groups in total. The van der Waals surface area contributed by atoms with Crippen molar-refractivity contribution in [3.05, 3.63) is 70.3 Å². The molecule has 42 heavy (non-hydrogen) atoms. The molecule has 0 bridgehead atoms. The van der Waals surface area contributed by atoms with Crippen LogP contribution in [0.15, 0.2) is 42.5 Å². The van der Waals surface area contributed by atoms with Gasteiger partial charge in [-0.1, -0.05) is 95.9 Å². The molecule has 5 aromatic carbocycles. The third kappa shape index (κ3) is 4.30. The lowest BCUT2D eigenvalue weighted by atomic mass is 9.91. The van der Waals surface area contributed by atoms with Crippen LogP contribution in [0.2, 0.25) is 36.3 Å². The minimum Gasteiger partial charge on any atom is -0.115 e. The van der Waals surface area contributed by atoms with Crippen LogP contribution < -0.4 is 10.4 Å². The summed E-state index contributed by atoms with van der Waals surface area (Å²) in [6, 6.07) is 24.5. The van der Waals surface area contributed by atoms with Crippen LogP contribution in [-0.2, 0) is 0 Å². The van der Waals surface area contributed by atoms with Gasteiger partial charge in [0.1, 0.15) is 0 Å². The van der Waals surface area contributed by atoms with Crippen LogP contribution in [0.25, 0.3) is 43.1 Å². The van der Waals surface area contributed by atoms with E-state index in [1.807, 2.05) is 0 Å². The zero-order valence-electron chi connectivity index (χ0n) is 27.9. The maximum atomic E-state index is 6.48. The van der Waals surface area contributed by atoms with Crippen molar-refractivity contribution in [2.75, 3.05) is 0 Å². The summed E-state index contributed by atoms with van der Waals surface area (Å²) < 4.78 is 0. The number of hydrogen-bond donors (Lipinski definition) is 0. The van der Waals surface area contributed by atoms with Gasteiger partial charge in [-0.05, 0) is 134 Å². The zero-order chi connectivity index (χ0) is 30.6. The third-order valence-electron chi connectivity index (χ3n) is 11.7. The Morgan fingerprint density at radius 1 is 0.524 bits per heavy atom. The van der Waals surface area contributed by atoms with Crippen molar-refractivity contribution in [3.8, 4) is 12.3 Å². The predicted molar refractivity (Wildman–Crippen MR) is 197 cm³/mol. The molecule has 0 nitrogen and oxygen atoms in total. The Hall–Kier alpha value is -2.87. The van der Waals surface area contributed by atoms with Crippen molar-refractivity contribution in [1.82, 2.24) is 0 Å². The van der Waals surface area contributed by atoms with Crippen LogP contribution in [0.5, 0.6) is 0 Å². The van der Waals surface area contributed by atoms with Crippen molar-refractivity contribution in [2.24, 2.45) is 0 Å². The van der Waals surface area contributed by atoms with E-state index < -0.39 is 16.1 Å². The van der Waals surface area contributed by atoms with Gasteiger partial charge in [0.25, 0.3) is 0 Å². The summed E-state index contributed by atoms with van der Waals surface area (Å²) in [5, 5.41) is 14.5. The first kappa shape index (κ1) is 30.6. The molecule has 2 heteroatoms. The van der Waals surface area contributed by atoms with E-state index in [9.17, 15) is 0 Å². The topological polar surface area (TPSA) is 0 Å². The van der Waals surface area contributed by atoms with Gasteiger partial charge in [-0.3, -0.25) is 0 Å². The Bertz CT molecular complexity index is 1880. The van der Waals surface area contributed by atoms with Crippen molar-refractivity contribution < 1.29 is 0 Å². The maximum absolute atomic E-state index is 6.48. The number of hydrogen-bond acceptors (Lipinski definition) is 0. The second kappa shape index (κ2) is 11.3. The highest BCUT2D eigenvalue weighted by molar-refractivity contribution is 6.95. The minimum absolute atomic E-state index is 1.22. The molecule has 0 aromatic heterocycles. The first-order valence-electron chi connectivity index (χ1n) is 16.5. The first-order chi connectivity index (χ1) is 20.1. The Morgan fingerprint density at radius 3 is 1.43 bits per heavy atom. The number of rotatable bonds is 8. The lowest BCUT2D eigenvalue weighted by Gasteiger charge is -2.36. The summed E-state index contributed by atoms with van der Waals surface area (Å²) in [5.41, 5.74) is 6.77. The van der Waals surface area contributed by atoms with Crippen LogP contribution in [0, 0.1) is 40.0 Å². The summed E-state index contributed by atoms with van der Waals surface area (Å²) in [5.74, 6) is 3.30. The van der Waals surface area contributed by atoms with Gasteiger partial charge in [-0.25, -0.2) is 0 Å². The Labute approximate surface area is 256 Å². The monoisotopic (exact) mass is 586 g/mol. The quantitative estimate of drug-likeness (QED) is 0.0963. The average molecular weight is 587 g/mol. The molecule has 0 spiro atoms. The summed E-state index contributed by atoms with van der Waals surface area (Å²) in [6.07, 6.45) is 6.48. The van der Waals surface area contributed by atoms with E-state index >= 15 is 0 Å². The first-order valence-corrected chi connectivity index (χ1v) is 21.7. The highest BCUT2D eigenvalue weighted by Crippen LogP contribution is 2.38. The average Bonchev–Trinajstić information content (AvgIpc) is 3.01. The largest absolute Gasteiger partial charge is 0.115 e. The van der Waals surface area contributed by atoms with Gasteiger partial charge in [-0.15, -0.1) is 6.42 Å². The lowest BCUT2D eigenvalue weighted by Crippen LogP contribution is -2.50. The second-order valence-electron chi connectivity index (χ2n) is 13.0. The zero-order valence-corrected chi connectivity index (χ0v) is 29.9. The van der Waals surface area contributed by atoms with Gasteiger partial charge >= 0.3 is 0 Å². The van der Waals surface area contributed by atoms with Gasteiger partial charge in [0.05, 0.1) is 16.1 Å². The predicted octanol–water partition coefficient (Wildman–Crippen LogP) is 10.9. The number of fused-ring (bicyclic) bond motifs is 4. The molecule has 0 aliphatic rings. The van der Waals surface area contributed by atoms with E-state index in [0.717, 1.165) is 0 Å². The van der Waals surface area contributed by atoms with Crippen molar-refractivity contribution in [3.63, 3.8) is 0 Å². The minimum atomic E-state index is -1.82. The Morgan fingerprint density at radius 2 is 0.952 bits per heavy atom. The highest BCUT2D eigenvalue weighted by atomic mass is 28.3. The number of benzene rings is 5. The molecule has 0 atom stereocenters. The van der Waals surface area contributed by atoms with Gasteiger partial charge in [0, 0.05) is 5.56 Å². The van der Waals surface area contributed by atoms with Crippen molar-refractivity contribution in [2.45, 2.75) is 106 Å². The second-order valence-corrected chi connectivity index (χ2v) is 23.4. The van der Waals surface area contributed by atoms with E-state index in [4.69, 9.17) is 6.42 Å². The molecular weight excluding hydrogens is 537 g/mol. The van der Waals surface area contributed by atoms with Crippen LogP contribution in [0.3, 0.4) is 0 Å². The number of terminal acetylenes is 1. The van der Waals surface area contributed by atoms with E-state index in [1.165, 1.54) is 107 Å². The van der Waals surface area contributed by atoms with E-state index in [-0.39, 0.29) is 0 Å². The van der Waals surface area contributed by atoms with Crippen LogP contribution in [0.1, 0.15) is 69.4 Å². The fraction of sp³-hybridized carbons (Fsp3) is 0.400. The Balaban J connectivity index is 2.08. The molecular formula is C40H50Si2. The number of aryl methyl sites for hydroxylation is 4. The van der Waals surface area contributed by atoms with E-state index in [1.54, 1.807) is 10.4 Å². The molecule has 218 valence electrons. The van der Waals surface area contributed by atoms with Gasteiger partial charge < -0.3 is 0 Å². The molecule has 0 unspecified atom stereocenters. The maximum Gasteiger partial charge on any atom is 0.0879 e. The molecule has 0 aliphatic carbocycles. The van der Waals surface area contributed by atoms with Gasteiger partial charge in [0.2, 0.25) is 0 Å². The molecule has 0 saturated carbocycles. The smallest absolute Gasteiger partial charge is 0.0879 e. The third-order valence-corrected chi connectivity index (χ3v) is 23.1. The van der Waals surface area contributed by atoms with Crippen molar-refractivity contribution in [1.29, 1.82) is 0 Å². The summed E-state index contributed by atoms with van der Waals surface area (Å²) in [7, 11) is -3.54.